The highest BCUT2D eigenvalue weighted by Gasteiger charge is 2.32. The lowest BCUT2D eigenvalue weighted by atomic mass is 9.89. The van der Waals surface area contributed by atoms with Gasteiger partial charge in [-0.3, -0.25) is 4.79 Å². The summed E-state index contributed by atoms with van der Waals surface area (Å²) in [5.74, 6) is 1.24. The molecule has 1 fully saturated rings. The van der Waals surface area contributed by atoms with Crippen LogP contribution in [0.2, 0.25) is 0 Å². The van der Waals surface area contributed by atoms with Gasteiger partial charge in [-0.1, -0.05) is 19.0 Å². The standard InChI is InChI=1S/C18H31N3O4/c1-13(2)17-8-16(19-25-17)18(23)21-10-14(7-15(11-21)12-22)9-20(3)5-6-24-4/h8,13-15,22H,5-7,9-12H2,1-4H3/t14-,15+/m1/s1. The zero-order valence-corrected chi connectivity index (χ0v) is 15.8. The Morgan fingerprint density at radius 3 is 2.80 bits per heavy atom. The molecular weight excluding hydrogens is 322 g/mol. The number of amides is 1. The molecule has 142 valence electrons. The van der Waals surface area contributed by atoms with Crippen LogP contribution >= 0.6 is 0 Å². The number of aliphatic hydroxyl groups excluding tert-OH is 1. The minimum Gasteiger partial charge on any atom is -0.396 e. The van der Waals surface area contributed by atoms with Crippen molar-refractivity contribution in [3.05, 3.63) is 17.5 Å². The molecule has 0 aromatic carbocycles. The minimum absolute atomic E-state index is 0.0954. The first-order chi connectivity index (χ1) is 11.9. The number of hydrogen-bond acceptors (Lipinski definition) is 6. The number of aromatic nitrogens is 1. The third-order valence-corrected chi connectivity index (χ3v) is 4.73. The van der Waals surface area contributed by atoms with E-state index in [2.05, 4.69) is 17.1 Å². The summed E-state index contributed by atoms with van der Waals surface area (Å²) in [5, 5.41) is 13.6. The fourth-order valence-electron chi connectivity index (χ4n) is 3.35. The molecule has 0 saturated carbocycles. The number of rotatable bonds is 8. The second kappa shape index (κ2) is 9.31. The van der Waals surface area contributed by atoms with E-state index in [1.54, 1.807) is 18.1 Å². The molecule has 2 heterocycles. The van der Waals surface area contributed by atoms with E-state index in [-0.39, 0.29) is 24.3 Å². The normalized spacial score (nSPS) is 21.3. The first-order valence-corrected chi connectivity index (χ1v) is 8.98. The summed E-state index contributed by atoms with van der Waals surface area (Å²) in [6.07, 6.45) is 0.924. The molecule has 0 spiro atoms. The van der Waals surface area contributed by atoms with Gasteiger partial charge in [0.15, 0.2) is 5.69 Å². The molecule has 25 heavy (non-hydrogen) atoms. The van der Waals surface area contributed by atoms with E-state index in [0.717, 1.165) is 25.3 Å². The van der Waals surface area contributed by atoms with Crippen molar-refractivity contribution >= 4 is 5.91 Å². The van der Waals surface area contributed by atoms with Crippen LogP contribution < -0.4 is 0 Å². The van der Waals surface area contributed by atoms with E-state index in [0.29, 0.717) is 31.3 Å². The Labute approximate surface area is 149 Å². The van der Waals surface area contributed by atoms with Crippen LogP contribution in [0.3, 0.4) is 0 Å². The molecule has 7 heteroatoms. The van der Waals surface area contributed by atoms with Gasteiger partial charge in [-0.05, 0) is 25.3 Å². The van der Waals surface area contributed by atoms with Crippen molar-refractivity contribution in [1.82, 2.24) is 15.0 Å². The summed E-state index contributed by atoms with van der Waals surface area (Å²) in [6, 6.07) is 1.73. The SMILES string of the molecule is COCCN(C)C[C@H]1C[C@H](CO)CN(C(=O)c2cc(C(C)C)on2)C1. The predicted molar refractivity (Wildman–Crippen MR) is 94.6 cm³/mol. The van der Waals surface area contributed by atoms with Crippen LogP contribution in [0.25, 0.3) is 0 Å². The molecule has 1 N–H and O–H groups in total. The second-order valence-corrected chi connectivity index (χ2v) is 7.38. The molecule has 0 radical (unpaired) electrons. The number of methoxy groups -OCH3 is 1. The zero-order valence-electron chi connectivity index (χ0n) is 15.8. The fraction of sp³-hybridized carbons (Fsp3) is 0.778. The van der Waals surface area contributed by atoms with E-state index in [1.165, 1.54) is 0 Å². The van der Waals surface area contributed by atoms with Crippen LogP contribution in [0.1, 0.15) is 42.4 Å². The third kappa shape index (κ3) is 5.52. The number of likely N-dealkylation sites (tertiary alicyclic amines) is 1. The van der Waals surface area contributed by atoms with Crippen molar-refractivity contribution in [2.75, 3.05) is 53.6 Å². The quantitative estimate of drug-likeness (QED) is 0.762. The molecule has 0 aliphatic carbocycles. The molecule has 0 unspecified atom stereocenters. The summed E-state index contributed by atoms with van der Waals surface area (Å²) in [4.78, 5) is 16.8. The van der Waals surface area contributed by atoms with Crippen molar-refractivity contribution in [3.8, 4) is 0 Å². The fourth-order valence-corrected chi connectivity index (χ4v) is 3.35. The monoisotopic (exact) mass is 353 g/mol. The van der Waals surface area contributed by atoms with Crippen molar-refractivity contribution in [3.63, 3.8) is 0 Å². The Bertz CT molecular complexity index is 546. The number of carbonyl (C=O) groups is 1. The number of aliphatic hydroxyl groups is 1. The maximum atomic E-state index is 12.8. The minimum atomic E-state index is -0.113. The smallest absolute Gasteiger partial charge is 0.276 e. The lowest BCUT2D eigenvalue weighted by Crippen LogP contribution is -2.47. The molecule has 1 saturated heterocycles. The summed E-state index contributed by atoms with van der Waals surface area (Å²) < 4.78 is 10.4. The number of hydrogen-bond donors (Lipinski definition) is 1. The molecule has 1 amide bonds. The third-order valence-electron chi connectivity index (χ3n) is 4.73. The second-order valence-electron chi connectivity index (χ2n) is 7.38. The van der Waals surface area contributed by atoms with Crippen molar-refractivity contribution in [1.29, 1.82) is 0 Å². The highest BCUT2D eigenvalue weighted by molar-refractivity contribution is 5.92. The van der Waals surface area contributed by atoms with Gasteiger partial charge in [0.2, 0.25) is 0 Å². The molecule has 1 aromatic heterocycles. The van der Waals surface area contributed by atoms with Crippen LogP contribution in [-0.4, -0.2) is 79.5 Å². The topological polar surface area (TPSA) is 79.0 Å². The van der Waals surface area contributed by atoms with Gasteiger partial charge >= 0.3 is 0 Å². The molecular formula is C18H31N3O4. The summed E-state index contributed by atoms with van der Waals surface area (Å²) in [7, 11) is 3.75. The van der Waals surface area contributed by atoms with E-state index in [4.69, 9.17) is 9.26 Å². The number of carbonyl (C=O) groups excluding carboxylic acids is 1. The van der Waals surface area contributed by atoms with E-state index < -0.39 is 0 Å². The van der Waals surface area contributed by atoms with Crippen LogP contribution in [0, 0.1) is 11.8 Å². The summed E-state index contributed by atoms with van der Waals surface area (Å²) >= 11 is 0. The van der Waals surface area contributed by atoms with Crippen LogP contribution in [0.4, 0.5) is 0 Å². The Morgan fingerprint density at radius 2 is 2.20 bits per heavy atom. The predicted octanol–water partition coefficient (Wildman–Crippen LogP) is 1.45. The lowest BCUT2D eigenvalue weighted by molar-refractivity contribution is 0.0442. The van der Waals surface area contributed by atoms with Crippen LogP contribution in [0.5, 0.6) is 0 Å². The Kier molecular flexibility index (Phi) is 7.40. The Hall–Kier alpha value is -1.44. The van der Waals surface area contributed by atoms with E-state index in [1.807, 2.05) is 13.8 Å². The van der Waals surface area contributed by atoms with Gasteiger partial charge in [-0.25, -0.2) is 0 Å². The highest BCUT2D eigenvalue weighted by Crippen LogP contribution is 2.24. The lowest BCUT2D eigenvalue weighted by Gasteiger charge is -2.38. The van der Waals surface area contributed by atoms with E-state index in [9.17, 15) is 9.90 Å². The summed E-state index contributed by atoms with van der Waals surface area (Å²) in [6.45, 7) is 7.76. The van der Waals surface area contributed by atoms with Gasteiger partial charge in [0.05, 0.1) is 6.61 Å². The van der Waals surface area contributed by atoms with Crippen LogP contribution in [-0.2, 0) is 4.74 Å². The maximum absolute atomic E-state index is 12.8. The Balaban J connectivity index is 2.01. The molecule has 7 nitrogen and oxygen atoms in total. The molecule has 2 rings (SSSR count). The zero-order chi connectivity index (χ0) is 18.4. The first-order valence-electron chi connectivity index (χ1n) is 8.98. The van der Waals surface area contributed by atoms with Crippen molar-refractivity contribution < 1.29 is 19.2 Å². The average molecular weight is 353 g/mol. The average Bonchev–Trinajstić information content (AvgIpc) is 3.09. The maximum Gasteiger partial charge on any atom is 0.276 e. The number of ether oxygens (including phenoxy) is 1. The summed E-state index contributed by atoms with van der Waals surface area (Å²) in [5.41, 5.74) is 0.355. The van der Waals surface area contributed by atoms with Gasteiger partial charge in [-0.2, -0.15) is 0 Å². The number of nitrogens with zero attached hydrogens (tertiary/aromatic N) is 3. The van der Waals surface area contributed by atoms with Crippen LogP contribution in [0.15, 0.2) is 10.6 Å². The van der Waals surface area contributed by atoms with Gasteiger partial charge in [0, 0.05) is 51.9 Å². The van der Waals surface area contributed by atoms with Crippen molar-refractivity contribution in [2.24, 2.45) is 11.8 Å². The number of piperidine rings is 1. The Morgan fingerprint density at radius 1 is 1.48 bits per heavy atom. The van der Waals surface area contributed by atoms with Crippen molar-refractivity contribution in [2.45, 2.75) is 26.2 Å². The largest absolute Gasteiger partial charge is 0.396 e. The first kappa shape index (κ1) is 19.9. The van der Waals surface area contributed by atoms with Gasteiger partial charge < -0.3 is 24.2 Å². The van der Waals surface area contributed by atoms with Gasteiger partial charge in [0.1, 0.15) is 5.76 Å². The number of likely N-dealkylation sites (N-methyl/N-ethyl adjacent to an activating group) is 1. The molecule has 1 aliphatic rings. The molecule has 2 atom stereocenters. The van der Waals surface area contributed by atoms with Gasteiger partial charge in [-0.15, -0.1) is 0 Å². The molecule has 1 aromatic rings. The van der Waals surface area contributed by atoms with E-state index >= 15 is 0 Å². The highest BCUT2D eigenvalue weighted by atomic mass is 16.5. The molecule has 1 aliphatic heterocycles. The molecule has 0 bridgehead atoms. The van der Waals surface area contributed by atoms with Gasteiger partial charge in [0.25, 0.3) is 5.91 Å².